The lowest BCUT2D eigenvalue weighted by molar-refractivity contribution is 0.554. The number of benzene rings is 2. The molecule has 1 aliphatic rings. The molecule has 4 rings (SSSR count). The number of hydrogen-bond donors (Lipinski definition) is 0. The molecule has 0 unspecified atom stereocenters. The summed E-state index contributed by atoms with van der Waals surface area (Å²) in [6.45, 7) is 13.4. The molecule has 138 valence electrons. The SMILES string of the molecule is Cc1cccc(N(c2ccc3c(c2)C(C)(C)c2ccccc2-3)C(C)(C)C)n1. The molecule has 3 aromatic rings. The minimum atomic E-state index is -0.0787. The Morgan fingerprint density at radius 1 is 0.815 bits per heavy atom. The highest BCUT2D eigenvalue weighted by Crippen LogP contribution is 2.50. The maximum absolute atomic E-state index is 4.81. The standard InChI is InChI=1S/C25H28N2/c1-17-10-9-13-23(26-17)27(24(2,3)4)18-14-15-20-19-11-7-8-12-21(19)25(5,6)22(20)16-18/h7-16H,1-6H3. The summed E-state index contributed by atoms with van der Waals surface area (Å²) in [6.07, 6.45) is 0. The molecule has 2 nitrogen and oxygen atoms in total. The predicted molar refractivity (Wildman–Crippen MR) is 115 cm³/mol. The average Bonchev–Trinajstić information content (AvgIpc) is 2.82. The van der Waals surface area contributed by atoms with Crippen LogP contribution in [0.25, 0.3) is 11.1 Å². The number of nitrogens with zero attached hydrogens (tertiary/aromatic N) is 2. The monoisotopic (exact) mass is 356 g/mol. The molecule has 0 amide bonds. The molecule has 1 aliphatic carbocycles. The van der Waals surface area contributed by atoms with Gasteiger partial charge in [0.1, 0.15) is 5.82 Å². The quantitative estimate of drug-likeness (QED) is 0.512. The van der Waals surface area contributed by atoms with Gasteiger partial charge < -0.3 is 4.90 Å². The fourth-order valence-corrected chi connectivity index (χ4v) is 4.35. The van der Waals surface area contributed by atoms with Crippen LogP contribution in [0, 0.1) is 6.92 Å². The van der Waals surface area contributed by atoms with Crippen LogP contribution in [0.15, 0.2) is 60.7 Å². The smallest absolute Gasteiger partial charge is 0.133 e. The molecule has 0 bridgehead atoms. The van der Waals surface area contributed by atoms with E-state index in [9.17, 15) is 0 Å². The number of anilines is 2. The van der Waals surface area contributed by atoms with E-state index < -0.39 is 0 Å². The highest BCUT2D eigenvalue weighted by atomic mass is 15.2. The van der Waals surface area contributed by atoms with Gasteiger partial charge in [-0.25, -0.2) is 4.98 Å². The van der Waals surface area contributed by atoms with Crippen LogP contribution >= 0.6 is 0 Å². The summed E-state index contributed by atoms with van der Waals surface area (Å²) in [5.74, 6) is 0.996. The van der Waals surface area contributed by atoms with Crippen molar-refractivity contribution in [2.24, 2.45) is 0 Å². The molecule has 27 heavy (non-hydrogen) atoms. The minimum Gasteiger partial charge on any atom is -0.321 e. The zero-order valence-electron chi connectivity index (χ0n) is 17.2. The molecular formula is C25H28N2. The molecule has 0 spiro atoms. The van der Waals surface area contributed by atoms with Gasteiger partial charge in [-0.3, -0.25) is 0 Å². The number of hydrogen-bond acceptors (Lipinski definition) is 2. The molecule has 0 radical (unpaired) electrons. The van der Waals surface area contributed by atoms with Gasteiger partial charge in [0.15, 0.2) is 0 Å². The van der Waals surface area contributed by atoms with Gasteiger partial charge in [0.2, 0.25) is 0 Å². The summed E-state index contributed by atoms with van der Waals surface area (Å²) in [4.78, 5) is 7.16. The number of fused-ring (bicyclic) bond motifs is 3. The minimum absolute atomic E-state index is 0.00548. The molecule has 0 saturated heterocycles. The third-order valence-electron chi connectivity index (χ3n) is 5.60. The first-order chi connectivity index (χ1) is 12.7. The summed E-state index contributed by atoms with van der Waals surface area (Å²) in [6, 6.07) is 21.9. The van der Waals surface area contributed by atoms with Crippen LogP contribution in [-0.2, 0) is 5.41 Å². The van der Waals surface area contributed by atoms with Crippen LogP contribution < -0.4 is 4.90 Å². The summed E-state index contributed by atoms with van der Waals surface area (Å²) in [5, 5.41) is 0. The molecule has 0 aliphatic heterocycles. The first kappa shape index (κ1) is 17.8. The molecule has 1 aromatic heterocycles. The van der Waals surface area contributed by atoms with Crippen LogP contribution in [0.4, 0.5) is 11.5 Å². The Hall–Kier alpha value is -2.61. The van der Waals surface area contributed by atoms with Gasteiger partial charge in [-0.05, 0) is 74.2 Å². The summed E-state index contributed by atoms with van der Waals surface area (Å²) < 4.78 is 0. The maximum Gasteiger partial charge on any atom is 0.133 e. The number of aromatic nitrogens is 1. The second-order valence-corrected chi connectivity index (χ2v) is 9.04. The van der Waals surface area contributed by atoms with E-state index in [2.05, 4.69) is 94.1 Å². The van der Waals surface area contributed by atoms with Crippen molar-refractivity contribution in [3.63, 3.8) is 0 Å². The van der Waals surface area contributed by atoms with Crippen molar-refractivity contribution in [1.82, 2.24) is 4.98 Å². The first-order valence-electron chi connectivity index (χ1n) is 9.68. The molecule has 0 N–H and O–H groups in total. The van der Waals surface area contributed by atoms with Gasteiger partial charge >= 0.3 is 0 Å². The Morgan fingerprint density at radius 3 is 2.22 bits per heavy atom. The maximum atomic E-state index is 4.81. The van der Waals surface area contributed by atoms with Crippen molar-refractivity contribution in [2.45, 2.75) is 52.5 Å². The van der Waals surface area contributed by atoms with E-state index >= 15 is 0 Å². The number of pyridine rings is 1. The van der Waals surface area contributed by atoms with E-state index in [1.54, 1.807) is 0 Å². The molecule has 1 heterocycles. The van der Waals surface area contributed by atoms with E-state index in [0.29, 0.717) is 0 Å². The Balaban J connectivity index is 1.89. The fourth-order valence-electron chi connectivity index (χ4n) is 4.35. The lowest BCUT2D eigenvalue weighted by Gasteiger charge is -2.37. The molecule has 0 fully saturated rings. The average molecular weight is 357 g/mol. The van der Waals surface area contributed by atoms with Crippen LogP contribution in [0.5, 0.6) is 0 Å². The molecule has 0 atom stereocenters. The van der Waals surface area contributed by atoms with Crippen molar-refractivity contribution >= 4 is 11.5 Å². The van der Waals surface area contributed by atoms with E-state index in [1.165, 1.54) is 27.9 Å². The van der Waals surface area contributed by atoms with Gasteiger partial charge in [0.25, 0.3) is 0 Å². The fraction of sp³-hybridized carbons (Fsp3) is 0.320. The lowest BCUT2D eigenvalue weighted by atomic mass is 9.82. The van der Waals surface area contributed by atoms with Crippen molar-refractivity contribution in [2.75, 3.05) is 4.90 Å². The largest absolute Gasteiger partial charge is 0.321 e. The second kappa shape index (κ2) is 5.95. The van der Waals surface area contributed by atoms with Crippen molar-refractivity contribution in [3.05, 3.63) is 77.5 Å². The van der Waals surface area contributed by atoms with Crippen molar-refractivity contribution < 1.29 is 0 Å². The van der Waals surface area contributed by atoms with Gasteiger partial charge in [0.05, 0.1) is 0 Å². The van der Waals surface area contributed by atoms with Crippen LogP contribution in [0.2, 0.25) is 0 Å². The highest BCUT2D eigenvalue weighted by Gasteiger charge is 2.36. The molecular weight excluding hydrogens is 328 g/mol. The Labute approximate surface area is 162 Å². The molecule has 2 heteroatoms. The second-order valence-electron chi connectivity index (χ2n) is 9.04. The summed E-state index contributed by atoms with van der Waals surface area (Å²) in [5.41, 5.74) is 7.67. The third-order valence-corrected chi connectivity index (χ3v) is 5.60. The molecule has 2 aromatic carbocycles. The Morgan fingerprint density at radius 2 is 1.52 bits per heavy atom. The van der Waals surface area contributed by atoms with Gasteiger partial charge in [-0.15, -0.1) is 0 Å². The predicted octanol–water partition coefficient (Wildman–Crippen LogP) is 6.63. The van der Waals surface area contributed by atoms with Crippen LogP contribution in [-0.4, -0.2) is 10.5 Å². The first-order valence-corrected chi connectivity index (χ1v) is 9.68. The van der Waals surface area contributed by atoms with E-state index in [0.717, 1.165) is 11.5 Å². The Bertz CT molecular complexity index is 1010. The number of rotatable bonds is 2. The van der Waals surface area contributed by atoms with Crippen LogP contribution in [0.3, 0.4) is 0 Å². The van der Waals surface area contributed by atoms with Gasteiger partial charge in [0, 0.05) is 22.3 Å². The van der Waals surface area contributed by atoms with Crippen LogP contribution in [0.1, 0.15) is 51.4 Å². The highest BCUT2D eigenvalue weighted by molar-refractivity contribution is 5.83. The zero-order chi connectivity index (χ0) is 19.4. The topological polar surface area (TPSA) is 16.1 Å². The lowest BCUT2D eigenvalue weighted by Crippen LogP contribution is -2.38. The normalized spacial score (nSPS) is 14.6. The van der Waals surface area contributed by atoms with E-state index in [1.807, 2.05) is 13.0 Å². The zero-order valence-corrected chi connectivity index (χ0v) is 17.2. The molecule has 0 saturated carbocycles. The van der Waals surface area contributed by atoms with Crippen molar-refractivity contribution in [3.8, 4) is 11.1 Å². The van der Waals surface area contributed by atoms with Gasteiger partial charge in [-0.1, -0.05) is 50.2 Å². The van der Waals surface area contributed by atoms with E-state index in [-0.39, 0.29) is 11.0 Å². The Kier molecular flexibility index (Phi) is 3.92. The van der Waals surface area contributed by atoms with Crippen molar-refractivity contribution in [1.29, 1.82) is 0 Å². The summed E-state index contributed by atoms with van der Waals surface area (Å²) >= 11 is 0. The van der Waals surface area contributed by atoms with E-state index in [4.69, 9.17) is 4.98 Å². The summed E-state index contributed by atoms with van der Waals surface area (Å²) in [7, 11) is 0. The van der Waals surface area contributed by atoms with Gasteiger partial charge in [-0.2, -0.15) is 0 Å². The third kappa shape index (κ3) is 2.84. The number of aryl methyl sites for hydroxylation is 1.